The van der Waals surface area contributed by atoms with Crippen molar-refractivity contribution in [1.82, 2.24) is 0 Å². The molecule has 0 heterocycles. The summed E-state index contributed by atoms with van der Waals surface area (Å²) in [6.07, 6.45) is 0.884. The lowest BCUT2D eigenvalue weighted by molar-refractivity contribution is -0.366. The first kappa shape index (κ1) is 19.2. The Kier molecular flexibility index (Phi) is 8.10. The fraction of sp³-hybridized carbons (Fsp3) is 0.250. The molecule has 0 bridgehead atoms. The minimum Gasteiger partial charge on any atom is -1.00 e. The number of methoxy groups -OCH3 is 2. The van der Waals surface area contributed by atoms with Crippen LogP contribution in [0.1, 0.15) is 5.56 Å². The second-order valence-corrected chi connectivity index (χ2v) is 6.67. The molecule has 2 aromatic rings. The van der Waals surface area contributed by atoms with Crippen LogP contribution in [0.2, 0.25) is 0 Å². The largest absolute Gasteiger partial charge is 1.00 e. The predicted octanol–water partition coefficient (Wildman–Crippen LogP) is -0.512. The Balaban J connectivity index is 0.00000242. The minimum atomic E-state index is 0. The third kappa shape index (κ3) is 4.81. The van der Waals surface area contributed by atoms with Gasteiger partial charge in [-0.05, 0) is 30.3 Å². The van der Waals surface area contributed by atoms with Gasteiger partial charge in [-0.2, -0.15) is 0 Å². The van der Waals surface area contributed by atoms with Gasteiger partial charge in [0.25, 0.3) is 0 Å². The topological polar surface area (TPSA) is 46.1 Å². The van der Waals surface area contributed by atoms with Crippen molar-refractivity contribution in [1.29, 1.82) is 0 Å². The Morgan fingerprint density at radius 2 is 1.68 bits per heavy atom. The van der Waals surface area contributed by atoms with E-state index in [-0.39, 0.29) is 12.4 Å². The first-order chi connectivity index (χ1) is 10.2. The van der Waals surface area contributed by atoms with E-state index in [0.717, 1.165) is 51.2 Å². The van der Waals surface area contributed by atoms with Gasteiger partial charge in [-0.3, -0.25) is 0 Å². The minimum absolute atomic E-state index is 0. The molecule has 0 aromatic heterocycles. The highest BCUT2D eigenvalue weighted by molar-refractivity contribution is 9.10. The number of halogens is 2. The molecule has 0 aliphatic heterocycles. The molecule has 0 fully saturated rings. The number of quaternary nitrogens is 1. The second-order valence-electron chi connectivity index (χ2n) is 4.53. The lowest BCUT2D eigenvalue weighted by Gasteiger charge is -2.10. The van der Waals surface area contributed by atoms with E-state index in [4.69, 9.17) is 9.47 Å². The number of hydrogen-bond acceptors (Lipinski definition) is 2. The van der Waals surface area contributed by atoms with E-state index in [1.807, 2.05) is 12.1 Å². The molecule has 0 unspecified atom stereocenters. The van der Waals surface area contributed by atoms with E-state index in [0.29, 0.717) is 0 Å². The van der Waals surface area contributed by atoms with E-state index in [9.17, 15) is 0 Å². The summed E-state index contributed by atoms with van der Waals surface area (Å²) in [6.45, 7) is 0.837. The molecule has 22 heavy (non-hydrogen) atoms. The third-order valence-corrected chi connectivity index (χ3v) is 4.78. The van der Waals surface area contributed by atoms with Crippen molar-refractivity contribution >= 4 is 27.7 Å². The summed E-state index contributed by atoms with van der Waals surface area (Å²) in [7, 11) is 3.41. The summed E-state index contributed by atoms with van der Waals surface area (Å²) in [5.41, 5.74) is 5.05. The molecule has 0 aliphatic rings. The summed E-state index contributed by atoms with van der Waals surface area (Å²) in [6, 6.07) is 12.4. The standard InChI is InChI=1S/C16H18BrNO2S.ClH/c1-19-14-10-16(15(20-2)9-11(14)7-8-18)21-13-5-3-12(17)4-6-13;/h3-6,9-10H,7-8,18H2,1-2H3;1H/p+1. The normalized spacial score (nSPS) is 10.0. The van der Waals surface area contributed by atoms with E-state index >= 15 is 0 Å². The second kappa shape index (κ2) is 9.30. The summed E-state index contributed by atoms with van der Waals surface area (Å²) in [5.74, 6) is 1.79. The van der Waals surface area contributed by atoms with Crippen LogP contribution < -0.4 is 27.6 Å². The highest BCUT2D eigenvalue weighted by Crippen LogP contribution is 2.32. The maximum atomic E-state index is 5.54. The number of thiol groups is 1. The van der Waals surface area contributed by atoms with Crippen LogP contribution in [0.25, 0.3) is 0 Å². The Labute approximate surface area is 150 Å². The number of benzene rings is 2. The molecular weight excluding hydrogens is 386 g/mol. The van der Waals surface area contributed by atoms with Crippen LogP contribution in [0.4, 0.5) is 0 Å². The van der Waals surface area contributed by atoms with Gasteiger partial charge in [-0.25, -0.2) is 0 Å². The first-order valence-corrected chi connectivity index (χ1v) is 8.38. The van der Waals surface area contributed by atoms with Crippen molar-refractivity contribution in [2.75, 3.05) is 20.8 Å². The van der Waals surface area contributed by atoms with Gasteiger partial charge in [0, 0.05) is 22.5 Å². The smallest absolute Gasteiger partial charge is 0.203 e. The Morgan fingerprint density at radius 3 is 2.23 bits per heavy atom. The summed E-state index contributed by atoms with van der Waals surface area (Å²) in [5, 5.41) is 0. The maximum absolute atomic E-state index is 5.54. The van der Waals surface area contributed by atoms with E-state index in [1.165, 1.54) is 4.90 Å². The van der Waals surface area contributed by atoms with Crippen LogP contribution in [0.5, 0.6) is 11.5 Å². The molecule has 3 nitrogen and oxygen atoms in total. The van der Waals surface area contributed by atoms with E-state index in [2.05, 4.69) is 45.9 Å². The molecule has 0 spiro atoms. The zero-order chi connectivity index (χ0) is 15.2. The molecule has 0 atom stereocenters. The lowest BCUT2D eigenvalue weighted by Crippen LogP contribution is -3.00. The predicted molar refractivity (Wildman–Crippen MR) is 90.4 cm³/mol. The molecule has 2 rings (SSSR count). The van der Waals surface area contributed by atoms with Crippen molar-refractivity contribution in [3.05, 3.63) is 46.4 Å². The van der Waals surface area contributed by atoms with Gasteiger partial charge in [0.05, 0.1) is 32.5 Å². The number of rotatable bonds is 6. The monoisotopic (exact) mass is 404 g/mol. The molecule has 0 radical (unpaired) electrons. The van der Waals surface area contributed by atoms with Crippen LogP contribution >= 0.6 is 15.9 Å². The molecule has 2 aromatic carbocycles. The van der Waals surface area contributed by atoms with Crippen LogP contribution in [0, 0.1) is 0 Å². The summed E-state index contributed by atoms with van der Waals surface area (Å²) < 4.78 is 12.1. The van der Waals surface area contributed by atoms with Gasteiger partial charge in [0.15, 0.2) is 10.6 Å². The van der Waals surface area contributed by atoms with Gasteiger partial charge in [-0.15, -0.1) is 0 Å². The molecule has 0 aliphatic carbocycles. The van der Waals surface area contributed by atoms with Gasteiger partial charge >= 0.3 is 0 Å². The average Bonchev–Trinajstić information content (AvgIpc) is 2.50. The van der Waals surface area contributed by atoms with Gasteiger partial charge in [-0.1, -0.05) is 15.9 Å². The fourth-order valence-corrected chi connectivity index (χ4v) is 3.36. The van der Waals surface area contributed by atoms with E-state index < -0.39 is 0 Å². The van der Waals surface area contributed by atoms with Crippen LogP contribution in [0.15, 0.2) is 50.7 Å². The first-order valence-electron chi connectivity index (χ1n) is 6.69. The molecule has 6 heteroatoms. The van der Waals surface area contributed by atoms with Crippen molar-refractivity contribution < 1.29 is 27.6 Å². The number of hydrogen-bond donors (Lipinski definition) is 1. The van der Waals surface area contributed by atoms with Crippen molar-refractivity contribution in [2.24, 2.45) is 0 Å². The zero-order valence-corrected chi connectivity index (χ0v) is 15.8. The van der Waals surface area contributed by atoms with Gasteiger partial charge in [0.2, 0.25) is 4.90 Å². The Hall–Kier alpha value is -0.880. The molecule has 120 valence electrons. The summed E-state index contributed by atoms with van der Waals surface area (Å²) >= 11 is 4.55. The summed E-state index contributed by atoms with van der Waals surface area (Å²) in [4.78, 5) is 2.31. The molecule has 0 saturated carbocycles. The van der Waals surface area contributed by atoms with Gasteiger partial charge < -0.3 is 27.6 Å². The molecule has 0 amide bonds. The molecular formula is C16H20BrClNO2S+. The average molecular weight is 406 g/mol. The maximum Gasteiger partial charge on any atom is 0.203 e. The van der Waals surface area contributed by atoms with Crippen molar-refractivity contribution in [2.45, 2.75) is 16.2 Å². The van der Waals surface area contributed by atoms with Crippen molar-refractivity contribution in [3.8, 4) is 11.5 Å². The van der Waals surface area contributed by atoms with Crippen molar-refractivity contribution in [3.63, 3.8) is 0 Å². The Morgan fingerprint density at radius 1 is 1.05 bits per heavy atom. The molecule has 0 saturated heterocycles. The molecule has 3 N–H and O–H groups in total. The van der Waals surface area contributed by atoms with E-state index in [1.54, 1.807) is 14.2 Å². The van der Waals surface area contributed by atoms with Gasteiger partial charge in [0.1, 0.15) is 5.75 Å². The zero-order valence-electron chi connectivity index (χ0n) is 12.6. The number of ether oxygens (including phenoxy) is 2. The van der Waals surface area contributed by atoms with Crippen LogP contribution in [-0.4, -0.2) is 20.8 Å². The highest BCUT2D eigenvalue weighted by atomic mass is 79.9. The third-order valence-electron chi connectivity index (χ3n) is 3.10. The quantitative estimate of drug-likeness (QED) is 0.520. The van der Waals surface area contributed by atoms with Crippen LogP contribution in [-0.2, 0) is 18.2 Å². The highest BCUT2D eigenvalue weighted by Gasteiger charge is 2.18. The Bertz CT molecular complexity index is 608. The fourth-order valence-electron chi connectivity index (χ4n) is 2.07. The SMILES string of the molecule is COc1cc([SH+]c2ccc(Br)cc2)c(OC)cc1CC[NH3+].[Cl-]. The lowest BCUT2D eigenvalue weighted by atomic mass is 10.1. The van der Waals surface area contributed by atoms with Crippen LogP contribution in [0.3, 0.4) is 0 Å².